The molecule has 43 heavy (non-hydrogen) atoms. The molecule has 0 spiro atoms. The minimum Gasteiger partial charge on any atom is -0.435 e. The molecule has 0 fully saturated rings. The molecule has 0 amide bonds. The SMILES string of the molecule is O=c1/c(=C\c2ccc(Cl)cc2)sc2n1[C@H](c1ccc(OC(F)F)cc1)C1=C(N=2)/C(=C/c2ccc(OC(F)F)cc2)CCC1. The van der Waals surface area contributed by atoms with Gasteiger partial charge in [0.05, 0.1) is 16.3 Å². The average Bonchev–Trinajstić information content (AvgIpc) is 3.28. The fourth-order valence-electron chi connectivity index (χ4n) is 5.35. The van der Waals surface area contributed by atoms with Gasteiger partial charge in [0, 0.05) is 5.02 Å². The molecular weight excluding hydrogens is 604 g/mol. The average molecular weight is 627 g/mol. The summed E-state index contributed by atoms with van der Waals surface area (Å²) in [5.41, 5.74) is 4.76. The Kier molecular flexibility index (Phi) is 8.23. The van der Waals surface area contributed by atoms with Crippen molar-refractivity contribution in [2.75, 3.05) is 0 Å². The molecule has 2 aliphatic rings. The molecule has 6 rings (SSSR count). The van der Waals surface area contributed by atoms with Gasteiger partial charge in [-0.1, -0.05) is 59.3 Å². The first kappa shape index (κ1) is 28.9. The van der Waals surface area contributed by atoms with Crippen LogP contribution in [0.4, 0.5) is 17.6 Å². The molecule has 0 bridgehead atoms. The number of hydrogen-bond acceptors (Lipinski definition) is 5. The molecule has 5 nitrogen and oxygen atoms in total. The lowest BCUT2D eigenvalue weighted by molar-refractivity contribution is -0.0505. The van der Waals surface area contributed by atoms with E-state index in [-0.39, 0.29) is 17.1 Å². The number of aromatic nitrogens is 1. The number of hydrogen-bond donors (Lipinski definition) is 0. The van der Waals surface area contributed by atoms with Gasteiger partial charge in [0.1, 0.15) is 11.5 Å². The fourth-order valence-corrected chi connectivity index (χ4v) is 6.47. The zero-order valence-corrected chi connectivity index (χ0v) is 23.9. The molecule has 11 heteroatoms. The second kappa shape index (κ2) is 12.2. The first-order valence-corrected chi connectivity index (χ1v) is 14.6. The van der Waals surface area contributed by atoms with Gasteiger partial charge in [-0.05, 0) is 95.6 Å². The van der Waals surface area contributed by atoms with Crippen LogP contribution in [0.5, 0.6) is 11.5 Å². The molecule has 4 aromatic rings. The van der Waals surface area contributed by atoms with E-state index in [0.29, 0.717) is 20.8 Å². The van der Waals surface area contributed by atoms with E-state index in [1.165, 1.54) is 35.6 Å². The highest BCUT2D eigenvalue weighted by Gasteiger charge is 2.32. The molecule has 0 unspecified atom stereocenters. The summed E-state index contributed by atoms with van der Waals surface area (Å²) in [7, 11) is 0. The first-order valence-electron chi connectivity index (χ1n) is 13.4. The second-order valence-electron chi connectivity index (χ2n) is 9.93. The molecular formula is C32H23ClF4N2O3S. The molecule has 1 aliphatic carbocycles. The predicted octanol–water partition coefficient (Wildman–Crippen LogP) is 7.34. The second-order valence-corrected chi connectivity index (χ2v) is 11.4. The van der Waals surface area contributed by atoms with Gasteiger partial charge in [0.2, 0.25) is 0 Å². The van der Waals surface area contributed by atoms with Crippen LogP contribution in [-0.4, -0.2) is 17.8 Å². The summed E-state index contributed by atoms with van der Waals surface area (Å²) < 4.78 is 62.0. The molecule has 1 atom stereocenters. The Balaban J connectivity index is 1.49. The highest BCUT2D eigenvalue weighted by atomic mass is 35.5. The predicted molar refractivity (Wildman–Crippen MR) is 158 cm³/mol. The standard InChI is InChI=1S/C32H23ClF4N2O3S/c33-22-10-4-19(5-11-22)17-26-29(40)39-28(20-8-14-24(15-9-20)42-31(36)37)25-3-1-2-21(27(25)38-32(39)43-26)16-18-6-12-23(13-7-18)41-30(34)35/h4-17,28,30-31H,1-3H2/b21-16+,26-17+/t28-/m1/s1. The maximum absolute atomic E-state index is 13.9. The van der Waals surface area contributed by atoms with Crippen LogP contribution >= 0.6 is 22.9 Å². The number of fused-ring (bicyclic) bond motifs is 1. The summed E-state index contributed by atoms with van der Waals surface area (Å²) >= 11 is 7.30. The van der Waals surface area contributed by atoms with E-state index in [0.717, 1.165) is 46.4 Å². The number of halogens is 5. The molecule has 220 valence electrons. The van der Waals surface area contributed by atoms with Crippen LogP contribution in [0.25, 0.3) is 12.2 Å². The lowest BCUT2D eigenvalue weighted by atomic mass is 9.84. The number of rotatable bonds is 7. The van der Waals surface area contributed by atoms with Gasteiger partial charge in [0.25, 0.3) is 5.56 Å². The van der Waals surface area contributed by atoms with Crippen molar-refractivity contribution < 1.29 is 27.0 Å². The number of thiazole rings is 1. The third-order valence-corrected chi connectivity index (χ3v) is 8.40. The van der Waals surface area contributed by atoms with Crippen LogP contribution < -0.4 is 24.4 Å². The lowest BCUT2D eigenvalue weighted by Crippen LogP contribution is -2.39. The Morgan fingerprint density at radius 1 is 0.837 bits per heavy atom. The zero-order valence-electron chi connectivity index (χ0n) is 22.4. The van der Waals surface area contributed by atoms with Crippen molar-refractivity contribution in [2.45, 2.75) is 38.5 Å². The molecule has 0 radical (unpaired) electrons. The Morgan fingerprint density at radius 3 is 2.05 bits per heavy atom. The minimum absolute atomic E-state index is 0.0200. The Hall–Kier alpha value is -4.15. The summed E-state index contributed by atoms with van der Waals surface area (Å²) in [4.78, 5) is 19.4. The highest BCUT2D eigenvalue weighted by molar-refractivity contribution is 7.07. The van der Waals surface area contributed by atoms with E-state index in [2.05, 4.69) is 9.47 Å². The number of benzene rings is 3. The molecule has 1 aromatic heterocycles. The third-order valence-electron chi connectivity index (χ3n) is 7.17. The highest BCUT2D eigenvalue weighted by Crippen LogP contribution is 2.41. The molecule has 0 N–H and O–H groups in total. The third kappa shape index (κ3) is 6.30. The molecule has 2 heterocycles. The van der Waals surface area contributed by atoms with Gasteiger partial charge >= 0.3 is 13.2 Å². The van der Waals surface area contributed by atoms with Crippen molar-refractivity contribution in [2.24, 2.45) is 4.99 Å². The maximum atomic E-state index is 13.9. The van der Waals surface area contributed by atoms with E-state index in [4.69, 9.17) is 16.6 Å². The van der Waals surface area contributed by atoms with Crippen molar-refractivity contribution in [1.82, 2.24) is 4.57 Å². The summed E-state index contributed by atoms with van der Waals surface area (Å²) in [6, 6.07) is 19.3. The minimum atomic E-state index is -2.95. The van der Waals surface area contributed by atoms with Crippen LogP contribution in [0.2, 0.25) is 5.02 Å². The van der Waals surface area contributed by atoms with Gasteiger partial charge in [-0.25, -0.2) is 4.99 Å². The van der Waals surface area contributed by atoms with Crippen LogP contribution in [0, 0.1) is 0 Å². The van der Waals surface area contributed by atoms with Gasteiger partial charge in [-0.3, -0.25) is 9.36 Å². The van der Waals surface area contributed by atoms with Gasteiger partial charge in [-0.15, -0.1) is 0 Å². The Morgan fingerprint density at radius 2 is 1.42 bits per heavy atom. The van der Waals surface area contributed by atoms with Crippen molar-refractivity contribution >= 4 is 35.1 Å². The van der Waals surface area contributed by atoms with Gasteiger partial charge in [-0.2, -0.15) is 17.6 Å². The van der Waals surface area contributed by atoms with Crippen molar-refractivity contribution in [3.05, 3.63) is 131 Å². The van der Waals surface area contributed by atoms with Crippen molar-refractivity contribution in [3.8, 4) is 11.5 Å². The monoisotopic (exact) mass is 626 g/mol. The summed E-state index contributed by atoms with van der Waals surface area (Å²) in [6.07, 6.45) is 5.95. The Labute approximate surface area is 252 Å². The summed E-state index contributed by atoms with van der Waals surface area (Å²) in [6.45, 7) is -5.86. The summed E-state index contributed by atoms with van der Waals surface area (Å²) in [5, 5.41) is 0.584. The lowest BCUT2D eigenvalue weighted by Gasteiger charge is -2.31. The Bertz CT molecular complexity index is 1880. The van der Waals surface area contributed by atoms with Crippen LogP contribution in [-0.2, 0) is 0 Å². The number of alkyl halides is 4. The quantitative estimate of drug-likeness (QED) is 0.202. The van der Waals surface area contributed by atoms with Crippen LogP contribution in [0.15, 0.2) is 99.4 Å². The number of allylic oxidation sites excluding steroid dienone is 2. The number of ether oxygens (including phenoxy) is 2. The van der Waals surface area contributed by atoms with E-state index < -0.39 is 19.3 Å². The van der Waals surface area contributed by atoms with Crippen molar-refractivity contribution in [3.63, 3.8) is 0 Å². The van der Waals surface area contributed by atoms with E-state index >= 15 is 0 Å². The number of nitrogens with zero attached hydrogens (tertiary/aromatic N) is 2. The van der Waals surface area contributed by atoms with Gasteiger partial charge in [0.15, 0.2) is 4.80 Å². The molecule has 3 aromatic carbocycles. The van der Waals surface area contributed by atoms with Crippen LogP contribution in [0.1, 0.15) is 42.0 Å². The van der Waals surface area contributed by atoms with Gasteiger partial charge < -0.3 is 9.47 Å². The summed E-state index contributed by atoms with van der Waals surface area (Å²) in [5.74, 6) is 0.0843. The van der Waals surface area contributed by atoms with Crippen molar-refractivity contribution in [1.29, 1.82) is 0 Å². The smallest absolute Gasteiger partial charge is 0.387 e. The largest absolute Gasteiger partial charge is 0.435 e. The maximum Gasteiger partial charge on any atom is 0.387 e. The first-order chi connectivity index (χ1) is 20.7. The fraction of sp³-hybridized carbons (Fsp3) is 0.188. The molecule has 0 saturated heterocycles. The molecule has 1 aliphatic heterocycles. The van der Waals surface area contributed by atoms with E-state index in [9.17, 15) is 22.4 Å². The van der Waals surface area contributed by atoms with E-state index in [1.807, 2.05) is 18.2 Å². The topological polar surface area (TPSA) is 52.8 Å². The van der Waals surface area contributed by atoms with Crippen LogP contribution in [0.3, 0.4) is 0 Å². The normalized spacial score (nSPS) is 17.7. The zero-order chi connectivity index (χ0) is 30.1. The van der Waals surface area contributed by atoms with E-state index in [1.54, 1.807) is 47.0 Å². The molecule has 0 saturated carbocycles.